The first-order valence-electron chi connectivity index (χ1n) is 16.5. The van der Waals surface area contributed by atoms with Gasteiger partial charge in [0.15, 0.2) is 11.5 Å². The molecule has 1 aliphatic carbocycles. The van der Waals surface area contributed by atoms with Gasteiger partial charge in [-0.1, -0.05) is 28.9 Å². The molecule has 1 aromatic carbocycles. The predicted octanol–water partition coefficient (Wildman–Crippen LogP) is 6.64. The number of halogens is 2. The fourth-order valence-electron chi connectivity index (χ4n) is 7.13. The smallest absolute Gasteiger partial charge is 0.377 e. The highest BCUT2D eigenvalue weighted by Crippen LogP contribution is 2.59. The number of benzene rings is 1. The topological polar surface area (TPSA) is 144 Å². The minimum Gasteiger partial charge on any atom is -0.454 e. The van der Waals surface area contributed by atoms with Gasteiger partial charge in [-0.3, -0.25) is 24.9 Å². The molecule has 50 heavy (non-hydrogen) atoms. The van der Waals surface area contributed by atoms with Crippen molar-refractivity contribution in [1.29, 1.82) is 0 Å². The second-order valence-corrected chi connectivity index (χ2v) is 14.9. The minimum absolute atomic E-state index is 0.0333. The lowest BCUT2D eigenvalue weighted by atomic mass is 9.56. The molecular formula is C36H37ClFN7O5. The van der Waals surface area contributed by atoms with Crippen LogP contribution in [-0.2, 0) is 9.53 Å². The van der Waals surface area contributed by atoms with Crippen molar-refractivity contribution < 1.29 is 28.0 Å². The van der Waals surface area contributed by atoms with Crippen molar-refractivity contribution in [3.8, 4) is 22.8 Å². The van der Waals surface area contributed by atoms with Crippen LogP contribution in [-0.4, -0.2) is 68.2 Å². The average Bonchev–Trinajstić information content (AvgIpc) is 3.51. The van der Waals surface area contributed by atoms with Gasteiger partial charge in [0, 0.05) is 56.1 Å². The molecule has 1 N–H and O–H groups in total. The number of hydrogen-bond acceptors (Lipinski definition) is 10. The highest BCUT2D eigenvalue weighted by atomic mass is 35.5. The van der Waals surface area contributed by atoms with E-state index in [1.807, 2.05) is 18.2 Å². The van der Waals surface area contributed by atoms with E-state index in [4.69, 9.17) is 20.9 Å². The van der Waals surface area contributed by atoms with E-state index >= 15 is 4.39 Å². The Bertz CT molecular complexity index is 2010. The summed E-state index contributed by atoms with van der Waals surface area (Å²) >= 11 is 6.82. The van der Waals surface area contributed by atoms with Crippen LogP contribution in [0.3, 0.4) is 0 Å². The first kappa shape index (κ1) is 33.7. The van der Waals surface area contributed by atoms with Gasteiger partial charge in [0.2, 0.25) is 11.7 Å². The molecule has 4 aromatic rings. The van der Waals surface area contributed by atoms with Gasteiger partial charge in [0.25, 0.3) is 0 Å². The van der Waals surface area contributed by atoms with Crippen LogP contribution in [0.15, 0.2) is 47.2 Å². The van der Waals surface area contributed by atoms with Crippen LogP contribution in [0.2, 0.25) is 5.02 Å². The SMILES string of the molecule is Cc1nc(-c2cc(C(=O)OC(C)(C)C)on2)ncc1-c1ncc(C(C)N2CC3(CC(c4cccc(N5CCC(=O)NC5=O)c4Cl)C3)C2)cc1F. The molecule has 3 amide bonds. The number of esters is 1. The Morgan fingerprint density at radius 3 is 2.60 bits per heavy atom. The molecule has 0 radical (unpaired) electrons. The molecule has 260 valence electrons. The van der Waals surface area contributed by atoms with E-state index in [2.05, 4.69) is 37.2 Å². The fraction of sp³-hybridized carbons (Fsp3) is 0.417. The lowest BCUT2D eigenvalue weighted by molar-refractivity contribution is -0.120. The molecule has 1 atom stereocenters. The van der Waals surface area contributed by atoms with Crippen molar-refractivity contribution in [2.45, 2.75) is 71.4 Å². The van der Waals surface area contributed by atoms with E-state index < -0.39 is 23.4 Å². The molecule has 5 heterocycles. The lowest BCUT2D eigenvalue weighted by Gasteiger charge is -2.61. The summed E-state index contributed by atoms with van der Waals surface area (Å²) < 4.78 is 26.0. The normalized spacial score (nSPS) is 18.4. The second kappa shape index (κ2) is 12.5. The number of nitrogens with one attached hydrogen (secondary N) is 1. The van der Waals surface area contributed by atoms with Crippen molar-refractivity contribution in [3.05, 3.63) is 76.1 Å². The van der Waals surface area contributed by atoms with Crippen LogP contribution in [0.5, 0.6) is 0 Å². The molecule has 1 unspecified atom stereocenters. The first-order valence-corrected chi connectivity index (χ1v) is 16.9. The van der Waals surface area contributed by atoms with Crippen LogP contribution < -0.4 is 10.2 Å². The number of carbonyl (C=O) groups is 3. The quantitative estimate of drug-likeness (QED) is 0.208. The van der Waals surface area contributed by atoms with E-state index in [0.29, 0.717) is 28.5 Å². The highest BCUT2D eigenvalue weighted by Gasteiger charge is 2.54. The van der Waals surface area contributed by atoms with E-state index in [1.54, 1.807) is 33.9 Å². The van der Waals surface area contributed by atoms with Crippen molar-refractivity contribution in [2.24, 2.45) is 5.41 Å². The number of amides is 3. The van der Waals surface area contributed by atoms with Crippen molar-refractivity contribution in [3.63, 3.8) is 0 Å². The highest BCUT2D eigenvalue weighted by molar-refractivity contribution is 6.34. The summed E-state index contributed by atoms with van der Waals surface area (Å²) in [4.78, 5) is 53.5. The fourth-order valence-corrected chi connectivity index (χ4v) is 7.51. The molecule has 3 aliphatic rings. The van der Waals surface area contributed by atoms with Crippen LogP contribution >= 0.6 is 11.6 Å². The zero-order chi connectivity index (χ0) is 35.5. The van der Waals surface area contributed by atoms with Gasteiger partial charge in [-0.05, 0) is 82.1 Å². The molecule has 3 fully saturated rings. The molecule has 0 bridgehead atoms. The third-order valence-corrected chi connectivity index (χ3v) is 10.1. The number of ether oxygens (including phenoxy) is 1. The summed E-state index contributed by atoms with van der Waals surface area (Å²) in [6, 6.07) is 8.19. The number of aromatic nitrogens is 4. The Morgan fingerprint density at radius 2 is 1.92 bits per heavy atom. The molecule has 7 rings (SSSR count). The first-order chi connectivity index (χ1) is 23.7. The number of urea groups is 1. The zero-order valence-electron chi connectivity index (χ0n) is 28.4. The van der Waals surface area contributed by atoms with Gasteiger partial charge >= 0.3 is 12.0 Å². The summed E-state index contributed by atoms with van der Waals surface area (Å²) in [6.07, 6.45) is 5.38. The Kier molecular flexibility index (Phi) is 8.46. The monoisotopic (exact) mass is 701 g/mol. The summed E-state index contributed by atoms with van der Waals surface area (Å²) in [5.74, 6) is -0.961. The Labute approximate surface area is 293 Å². The number of nitrogens with zero attached hydrogens (tertiary/aromatic N) is 6. The van der Waals surface area contributed by atoms with Gasteiger partial charge in [-0.15, -0.1) is 0 Å². The number of pyridine rings is 1. The predicted molar refractivity (Wildman–Crippen MR) is 182 cm³/mol. The van der Waals surface area contributed by atoms with Crippen LogP contribution in [0.4, 0.5) is 14.9 Å². The largest absolute Gasteiger partial charge is 0.454 e. The molecule has 1 saturated carbocycles. The molecule has 2 aliphatic heterocycles. The van der Waals surface area contributed by atoms with E-state index in [-0.39, 0.29) is 52.7 Å². The standard InChI is InChI=1S/C36H37ClFN7O5/c1-19-24(16-40-32(41-19)26-12-28(50-43-26)33(47)49-35(3,4)5)31-25(38)11-21(15-39-31)20(2)44-17-36(18-44)13-22(14-36)23-7-6-8-27(30(23)37)45-10-9-29(46)42-34(45)48/h6-8,11-12,15-16,20,22H,9-10,13-14,17-18H2,1-5H3,(H,42,46,48). The summed E-state index contributed by atoms with van der Waals surface area (Å²) in [6.45, 7) is 11.1. The molecule has 2 saturated heterocycles. The van der Waals surface area contributed by atoms with Crippen molar-refractivity contribution >= 4 is 35.2 Å². The number of aryl methyl sites for hydroxylation is 1. The van der Waals surface area contributed by atoms with E-state index in [1.165, 1.54) is 23.2 Å². The van der Waals surface area contributed by atoms with Crippen LogP contribution in [0.25, 0.3) is 22.8 Å². The Balaban J connectivity index is 0.975. The molecule has 1 spiro atoms. The number of anilines is 1. The third kappa shape index (κ3) is 6.35. The number of rotatable bonds is 7. The number of likely N-dealkylation sites (tertiary alicyclic amines) is 1. The molecule has 12 nitrogen and oxygen atoms in total. The summed E-state index contributed by atoms with van der Waals surface area (Å²) in [7, 11) is 0. The molecule has 14 heteroatoms. The van der Waals surface area contributed by atoms with Gasteiger partial charge in [-0.2, -0.15) is 0 Å². The second-order valence-electron chi connectivity index (χ2n) is 14.5. The summed E-state index contributed by atoms with van der Waals surface area (Å²) in [5, 5.41) is 6.82. The maximum absolute atomic E-state index is 15.6. The molecular weight excluding hydrogens is 665 g/mol. The van der Waals surface area contributed by atoms with Gasteiger partial charge in [0.1, 0.15) is 17.1 Å². The number of hydrogen-bond donors (Lipinski definition) is 1. The van der Waals surface area contributed by atoms with Crippen molar-refractivity contribution in [2.75, 3.05) is 24.5 Å². The average molecular weight is 702 g/mol. The lowest BCUT2D eigenvalue weighted by Crippen LogP contribution is -2.61. The maximum atomic E-state index is 15.6. The Hall–Kier alpha value is -4.75. The summed E-state index contributed by atoms with van der Waals surface area (Å²) in [5.41, 5.74) is 3.25. The number of carbonyl (C=O) groups excluding carboxylic acids is 3. The van der Waals surface area contributed by atoms with Gasteiger partial charge in [-0.25, -0.2) is 23.9 Å². The van der Waals surface area contributed by atoms with Crippen LogP contribution in [0, 0.1) is 18.2 Å². The Morgan fingerprint density at radius 1 is 1.16 bits per heavy atom. The zero-order valence-corrected chi connectivity index (χ0v) is 29.2. The van der Waals surface area contributed by atoms with Gasteiger partial charge in [0.05, 0.1) is 16.4 Å². The van der Waals surface area contributed by atoms with E-state index in [0.717, 1.165) is 37.1 Å². The minimum atomic E-state index is -0.688. The molecule has 3 aromatic heterocycles. The van der Waals surface area contributed by atoms with Crippen LogP contribution in [0.1, 0.15) is 86.3 Å². The van der Waals surface area contributed by atoms with Gasteiger partial charge < -0.3 is 9.26 Å². The van der Waals surface area contributed by atoms with E-state index in [9.17, 15) is 14.4 Å². The number of imide groups is 1. The third-order valence-electron chi connectivity index (χ3n) is 9.69. The maximum Gasteiger partial charge on any atom is 0.377 e. The van der Waals surface area contributed by atoms with Crippen molar-refractivity contribution in [1.82, 2.24) is 30.3 Å².